The second-order valence-corrected chi connectivity index (χ2v) is 5.29. The number of nitrogens with one attached hydrogen (secondary N) is 3. The Morgan fingerprint density at radius 2 is 2.08 bits per heavy atom. The normalized spacial score (nSPS) is 10.4. The van der Waals surface area contributed by atoms with Crippen LogP contribution in [0.2, 0.25) is 0 Å². The number of urea groups is 1. The van der Waals surface area contributed by atoms with E-state index in [-0.39, 0.29) is 6.03 Å². The number of benzene rings is 1. The average Bonchev–Trinajstić information content (AvgIpc) is 3.07. The van der Waals surface area contributed by atoms with Gasteiger partial charge in [0, 0.05) is 36.6 Å². The first-order chi connectivity index (χ1) is 11.7. The van der Waals surface area contributed by atoms with Crippen molar-refractivity contribution in [2.45, 2.75) is 13.3 Å². The summed E-state index contributed by atoms with van der Waals surface area (Å²) in [4.78, 5) is 20.3. The zero-order valence-electron chi connectivity index (χ0n) is 13.3. The molecule has 0 saturated carbocycles. The first kappa shape index (κ1) is 15.7. The molecule has 0 radical (unpaired) electrons. The van der Waals surface area contributed by atoms with Crippen molar-refractivity contribution in [3.8, 4) is 11.4 Å². The van der Waals surface area contributed by atoms with Crippen LogP contribution in [0.15, 0.2) is 48.8 Å². The van der Waals surface area contributed by atoms with E-state index < -0.39 is 0 Å². The van der Waals surface area contributed by atoms with Crippen LogP contribution >= 0.6 is 0 Å². The summed E-state index contributed by atoms with van der Waals surface area (Å²) in [5, 5.41) is 12.7. The number of aromatic nitrogens is 4. The first-order valence-electron chi connectivity index (χ1n) is 7.64. The maximum atomic E-state index is 11.9. The molecule has 0 aliphatic rings. The molecule has 0 bridgehead atoms. The van der Waals surface area contributed by atoms with Crippen LogP contribution in [-0.2, 0) is 6.42 Å². The number of pyridine rings is 1. The summed E-state index contributed by atoms with van der Waals surface area (Å²) in [6.45, 7) is 2.41. The van der Waals surface area contributed by atoms with E-state index >= 15 is 0 Å². The molecule has 3 N–H and O–H groups in total. The standard InChI is InChI=1S/C17H18N6O/c1-12-5-2-3-7-14(12)20-17(24)19-10-8-15-21-16(23-22-15)13-6-4-9-18-11-13/h2-7,9,11H,8,10H2,1H3,(H2,19,20,24)(H,21,22,23). The van der Waals surface area contributed by atoms with E-state index in [1.54, 1.807) is 12.4 Å². The lowest BCUT2D eigenvalue weighted by atomic mass is 10.2. The molecule has 122 valence electrons. The highest BCUT2D eigenvalue weighted by molar-refractivity contribution is 5.89. The fraction of sp³-hybridized carbons (Fsp3) is 0.176. The van der Waals surface area contributed by atoms with Crippen molar-refractivity contribution in [3.63, 3.8) is 0 Å². The number of anilines is 1. The summed E-state index contributed by atoms with van der Waals surface area (Å²) in [5.74, 6) is 1.31. The van der Waals surface area contributed by atoms with Crippen LogP contribution in [0.1, 0.15) is 11.4 Å². The fourth-order valence-corrected chi connectivity index (χ4v) is 2.21. The number of H-pyrrole nitrogens is 1. The molecular weight excluding hydrogens is 304 g/mol. The Hall–Kier alpha value is -3.22. The smallest absolute Gasteiger partial charge is 0.319 e. The van der Waals surface area contributed by atoms with Crippen molar-refractivity contribution < 1.29 is 4.79 Å². The lowest BCUT2D eigenvalue weighted by molar-refractivity contribution is 0.252. The number of rotatable bonds is 5. The minimum absolute atomic E-state index is 0.240. The molecule has 3 rings (SSSR count). The molecule has 2 amide bonds. The van der Waals surface area contributed by atoms with Gasteiger partial charge in [-0.15, -0.1) is 0 Å². The Morgan fingerprint density at radius 1 is 1.21 bits per heavy atom. The van der Waals surface area contributed by atoms with E-state index in [0.717, 1.165) is 16.8 Å². The molecule has 2 aromatic heterocycles. The van der Waals surface area contributed by atoms with Gasteiger partial charge in [-0.3, -0.25) is 10.1 Å². The molecule has 0 unspecified atom stereocenters. The van der Waals surface area contributed by atoms with Gasteiger partial charge in [0.25, 0.3) is 0 Å². The Kier molecular flexibility index (Phi) is 4.81. The molecule has 7 heteroatoms. The van der Waals surface area contributed by atoms with Gasteiger partial charge in [-0.05, 0) is 30.7 Å². The van der Waals surface area contributed by atoms with Crippen molar-refractivity contribution in [1.82, 2.24) is 25.5 Å². The lowest BCUT2D eigenvalue weighted by Gasteiger charge is -2.08. The largest absolute Gasteiger partial charge is 0.337 e. The number of aromatic amines is 1. The van der Waals surface area contributed by atoms with Crippen LogP contribution in [0.4, 0.5) is 10.5 Å². The van der Waals surface area contributed by atoms with Gasteiger partial charge in [0.1, 0.15) is 5.82 Å². The van der Waals surface area contributed by atoms with Crippen molar-refractivity contribution in [3.05, 3.63) is 60.2 Å². The third-order valence-corrected chi connectivity index (χ3v) is 3.49. The van der Waals surface area contributed by atoms with Gasteiger partial charge in [-0.1, -0.05) is 18.2 Å². The van der Waals surface area contributed by atoms with Crippen LogP contribution in [0, 0.1) is 6.92 Å². The van der Waals surface area contributed by atoms with Crippen molar-refractivity contribution in [1.29, 1.82) is 0 Å². The van der Waals surface area contributed by atoms with Gasteiger partial charge in [-0.2, -0.15) is 5.10 Å². The zero-order valence-corrected chi connectivity index (χ0v) is 13.3. The SMILES string of the molecule is Cc1ccccc1NC(=O)NCCc1nc(-c2cccnc2)n[nH]1. The van der Waals surface area contributed by atoms with Crippen LogP contribution in [0.3, 0.4) is 0 Å². The number of hydrogen-bond donors (Lipinski definition) is 3. The van der Waals surface area contributed by atoms with Gasteiger partial charge >= 0.3 is 6.03 Å². The number of hydrogen-bond acceptors (Lipinski definition) is 4. The monoisotopic (exact) mass is 322 g/mol. The predicted octanol–water partition coefficient (Wildman–Crippen LogP) is 2.54. The maximum absolute atomic E-state index is 11.9. The fourth-order valence-electron chi connectivity index (χ4n) is 2.21. The van der Waals surface area contributed by atoms with Crippen molar-refractivity contribution in [2.75, 3.05) is 11.9 Å². The molecule has 7 nitrogen and oxygen atoms in total. The van der Waals surface area contributed by atoms with E-state index in [1.807, 2.05) is 43.3 Å². The van der Waals surface area contributed by atoms with Gasteiger partial charge in [0.15, 0.2) is 5.82 Å². The molecule has 24 heavy (non-hydrogen) atoms. The molecule has 0 saturated heterocycles. The van der Waals surface area contributed by atoms with E-state index in [1.165, 1.54) is 0 Å². The Morgan fingerprint density at radius 3 is 2.88 bits per heavy atom. The second kappa shape index (κ2) is 7.36. The number of carbonyl (C=O) groups excluding carboxylic acids is 1. The second-order valence-electron chi connectivity index (χ2n) is 5.29. The molecule has 0 fully saturated rings. The molecule has 3 aromatic rings. The number of amides is 2. The quantitative estimate of drug-likeness (QED) is 0.672. The molecule has 1 aromatic carbocycles. The Bertz CT molecular complexity index is 815. The number of aryl methyl sites for hydroxylation is 1. The predicted molar refractivity (Wildman–Crippen MR) is 91.5 cm³/mol. The maximum Gasteiger partial charge on any atom is 0.319 e. The summed E-state index contributed by atoms with van der Waals surface area (Å²) in [5.41, 5.74) is 2.67. The van der Waals surface area contributed by atoms with E-state index in [0.29, 0.717) is 24.6 Å². The minimum Gasteiger partial charge on any atom is -0.337 e. The van der Waals surface area contributed by atoms with Crippen LogP contribution in [0.5, 0.6) is 0 Å². The summed E-state index contributed by atoms with van der Waals surface area (Å²) >= 11 is 0. The van der Waals surface area contributed by atoms with E-state index in [4.69, 9.17) is 0 Å². The van der Waals surface area contributed by atoms with Crippen LogP contribution in [-0.4, -0.2) is 32.7 Å². The zero-order chi connectivity index (χ0) is 16.8. The number of carbonyl (C=O) groups is 1. The molecule has 2 heterocycles. The van der Waals surface area contributed by atoms with Crippen LogP contribution in [0.25, 0.3) is 11.4 Å². The third-order valence-electron chi connectivity index (χ3n) is 3.49. The van der Waals surface area contributed by atoms with Gasteiger partial charge in [0.05, 0.1) is 0 Å². The topological polar surface area (TPSA) is 95.6 Å². The average molecular weight is 322 g/mol. The summed E-state index contributed by atoms with van der Waals surface area (Å²) in [6, 6.07) is 11.1. The highest BCUT2D eigenvalue weighted by Crippen LogP contribution is 2.13. The summed E-state index contributed by atoms with van der Waals surface area (Å²) in [6.07, 6.45) is 3.98. The highest BCUT2D eigenvalue weighted by Gasteiger charge is 2.07. The Balaban J connectivity index is 1.49. The molecule has 0 aliphatic heterocycles. The van der Waals surface area contributed by atoms with Crippen LogP contribution < -0.4 is 10.6 Å². The van der Waals surface area contributed by atoms with Gasteiger partial charge in [-0.25, -0.2) is 9.78 Å². The lowest BCUT2D eigenvalue weighted by Crippen LogP contribution is -2.30. The highest BCUT2D eigenvalue weighted by atomic mass is 16.2. The van der Waals surface area contributed by atoms with E-state index in [2.05, 4.69) is 30.8 Å². The summed E-state index contributed by atoms with van der Waals surface area (Å²) < 4.78 is 0. The van der Waals surface area contributed by atoms with Crippen molar-refractivity contribution in [2.24, 2.45) is 0 Å². The molecule has 0 aliphatic carbocycles. The van der Waals surface area contributed by atoms with Gasteiger partial charge < -0.3 is 10.6 Å². The molecular formula is C17H18N6O. The minimum atomic E-state index is -0.240. The first-order valence-corrected chi connectivity index (χ1v) is 7.64. The van der Waals surface area contributed by atoms with Gasteiger partial charge in [0.2, 0.25) is 0 Å². The van der Waals surface area contributed by atoms with E-state index in [9.17, 15) is 4.79 Å². The summed E-state index contributed by atoms with van der Waals surface area (Å²) in [7, 11) is 0. The van der Waals surface area contributed by atoms with Crippen molar-refractivity contribution >= 4 is 11.7 Å². The number of para-hydroxylation sites is 1. The number of nitrogens with zero attached hydrogens (tertiary/aromatic N) is 3. The Labute approximate surface area is 139 Å². The third kappa shape index (κ3) is 3.95. The molecule has 0 atom stereocenters. The molecule has 0 spiro atoms.